The molecule has 1 fully saturated rings. The van der Waals surface area contributed by atoms with Crippen LogP contribution in [0.15, 0.2) is 36.4 Å². The van der Waals surface area contributed by atoms with E-state index in [0.717, 1.165) is 67.4 Å². The van der Waals surface area contributed by atoms with Gasteiger partial charge in [0.2, 0.25) is 0 Å². The van der Waals surface area contributed by atoms with E-state index in [1.165, 1.54) is 0 Å². The molecule has 8 heteroatoms. The summed E-state index contributed by atoms with van der Waals surface area (Å²) in [5.74, 6) is -2.73. The SMILES string of the molecule is Clc1ccc(OCCCN2CCOCC2)c2ccccc12.O=C(O)C(=O)O. The van der Waals surface area contributed by atoms with Gasteiger partial charge in [0.25, 0.3) is 0 Å². The van der Waals surface area contributed by atoms with Gasteiger partial charge < -0.3 is 19.7 Å². The molecule has 0 aliphatic carbocycles. The lowest BCUT2D eigenvalue weighted by Gasteiger charge is -2.26. The Morgan fingerprint density at radius 1 is 1.04 bits per heavy atom. The molecule has 1 aliphatic heterocycles. The molecule has 0 radical (unpaired) electrons. The van der Waals surface area contributed by atoms with Gasteiger partial charge in [-0.25, -0.2) is 9.59 Å². The number of fused-ring (bicyclic) bond motifs is 1. The first-order chi connectivity index (χ1) is 13.0. The fraction of sp³-hybridized carbons (Fsp3) is 0.368. The van der Waals surface area contributed by atoms with Crippen LogP contribution in [-0.4, -0.2) is 66.5 Å². The summed E-state index contributed by atoms with van der Waals surface area (Å²) in [6.07, 6.45) is 1.02. The van der Waals surface area contributed by atoms with E-state index in [-0.39, 0.29) is 0 Å². The van der Waals surface area contributed by atoms with Crippen molar-refractivity contribution in [2.45, 2.75) is 6.42 Å². The summed E-state index contributed by atoms with van der Waals surface area (Å²) >= 11 is 6.22. The van der Waals surface area contributed by atoms with Gasteiger partial charge in [0, 0.05) is 35.4 Å². The molecular weight excluding hydrogens is 374 g/mol. The summed E-state index contributed by atoms with van der Waals surface area (Å²) in [4.78, 5) is 20.6. The monoisotopic (exact) mass is 395 g/mol. The summed E-state index contributed by atoms with van der Waals surface area (Å²) in [5.41, 5.74) is 0. The third-order valence-corrected chi connectivity index (χ3v) is 4.32. The van der Waals surface area contributed by atoms with E-state index in [2.05, 4.69) is 11.0 Å². The van der Waals surface area contributed by atoms with E-state index >= 15 is 0 Å². The molecule has 0 saturated carbocycles. The van der Waals surface area contributed by atoms with Gasteiger partial charge in [-0.3, -0.25) is 4.90 Å². The molecule has 0 atom stereocenters. The van der Waals surface area contributed by atoms with Crippen molar-refractivity contribution in [1.29, 1.82) is 0 Å². The van der Waals surface area contributed by atoms with E-state index in [1.54, 1.807) is 0 Å². The molecule has 146 valence electrons. The molecule has 0 aromatic heterocycles. The van der Waals surface area contributed by atoms with Gasteiger partial charge in [-0.05, 0) is 18.6 Å². The lowest BCUT2D eigenvalue weighted by molar-refractivity contribution is -0.159. The maximum Gasteiger partial charge on any atom is 0.414 e. The molecule has 1 heterocycles. The minimum absolute atomic E-state index is 0.725. The Morgan fingerprint density at radius 3 is 2.30 bits per heavy atom. The molecule has 0 amide bonds. The number of benzene rings is 2. The Bertz CT molecular complexity index is 764. The van der Waals surface area contributed by atoms with Crippen LogP contribution in [0.1, 0.15) is 6.42 Å². The standard InChI is InChI=1S/C17H20ClNO2.C2H2O4/c18-16-6-7-17(15-5-2-1-4-14(15)16)21-11-3-8-19-9-12-20-13-10-19;3-1(4)2(5)6/h1-2,4-7H,3,8-13H2;(H,3,4)(H,5,6). The first-order valence-electron chi connectivity index (χ1n) is 8.55. The van der Waals surface area contributed by atoms with Gasteiger partial charge in [-0.1, -0.05) is 35.9 Å². The molecule has 2 aromatic carbocycles. The molecule has 2 N–H and O–H groups in total. The quantitative estimate of drug-likeness (QED) is 0.593. The van der Waals surface area contributed by atoms with Crippen molar-refractivity contribution in [3.8, 4) is 5.75 Å². The van der Waals surface area contributed by atoms with Gasteiger partial charge in [-0.2, -0.15) is 0 Å². The van der Waals surface area contributed by atoms with Crippen molar-refractivity contribution in [1.82, 2.24) is 4.90 Å². The molecule has 27 heavy (non-hydrogen) atoms. The molecule has 1 aliphatic rings. The Morgan fingerprint density at radius 2 is 1.67 bits per heavy atom. The Hall–Kier alpha value is -2.35. The van der Waals surface area contributed by atoms with Crippen molar-refractivity contribution in [2.75, 3.05) is 39.5 Å². The van der Waals surface area contributed by atoms with Crippen LogP contribution in [0.2, 0.25) is 5.02 Å². The second-order valence-electron chi connectivity index (χ2n) is 5.86. The van der Waals surface area contributed by atoms with Crippen LogP contribution in [0, 0.1) is 0 Å². The number of rotatable bonds is 5. The molecule has 2 aromatic rings. The van der Waals surface area contributed by atoms with Gasteiger partial charge in [0.1, 0.15) is 5.75 Å². The van der Waals surface area contributed by atoms with E-state index < -0.39 is 11.9 Å². The lowest BCUT2D eigenvalue weighted by Crippen LogP contribution is -2.37. The van der Waals surface area contributed by atoms with Gasteiger partial charge in [0.15, 0.2) is 0 Å². The predicted octanol–water partition coefficient (Wildman–Crippen LogP) is 2.75. The van der Waals surface area contributed by atoms with Gasteiger partial charge in [0.05, 0.1) is 19.8 Å². The molecule has 0 spiro atoms. The highest BCUT2D eigenvalue weighted by atomic mass is 35.5. The second-order valence-corrected chi connectivity index (χ2v) is 6.26. The highest BCUT2D eigenvalue weighted by Gasteiger charge is 2.10. The van der Waals surface area contributed by atoms with Crippen LogP contribution in [0.25, 0.3) is 10.8 Å². The van der Waals surface area contributed by atoms with E-state index in [9.17, 15) is 0 Å². The van der Waals surface area contributed by atoms with Crippen LogP contribution in [0.4, 0.5) is 0 Å². The second kappa shape index (κ2) is 10.7. The summed E-state index contributed by atoms with van der Waals surface area (Å²) in [6, 6.07) is 12.0. The van der Waals surface area contributed by atoms with Crippen molar-refractivity contribution in [3.05, 3.63) is 41.4 Å². The Kier molecular flexibility index (Phi) is 8.32. The number of carboxylic acid groups (broad SMARTS) is 2. The number of aliphatic carboxylic acids is 2. The molecule has 1 saturated heterocycles. The number of carboxylic acids is 2. The minimum atomic E-state index is -1.82. The van der Waals surface area contributed by atoms with E-state index in [4.69, 9.17) is 40.9 Å². The van der Waals surface area contributed by atoms with Gasteiger partial charge >= 0.3 is 11.9 Å². The maximum atomic E-state index is 9.10. The van der Waals surface area contributed by atoms with Crippen molar-refractivity contribution < 1.29 is 29.3 Å². The fourth-order valence-electron chi connectivity index (χ4n) is 2.66. The molecule has 0 unspecified atom stereocenters. The van der Waals surface area contributed by atoms with Gasteiger partial charge in [-0.15, -0.1) is 0 Å². The third-order valence-electron chi connectivity index (χ3n) is 3.99. The van der Waals surface area contributed by atoms with Crippen molar-refractivity contribution >= 4 is 34.3 Å². The summed E-state index contributed by atoms with van der Waals surface area (Å²) < 4.78 is 11.3. The van der Waals surface area contributed by atoms with Crippen LogP contribution >= 0.6 is 11.6 Å². The van der Waals surface area contributed by atoms with Crippen LogP contribution in [0.3, 0.4) is 0 Å². The number of morpholine rings is 1. The molecular formula is C19H22ClNO6. The predicted molar refractivity (Wildman–Crippen MR) is 102 cm³/mol. The number of carbonyl (C=O) groups is 2. The third kappa shape index (κ3) is 6.71. The zero-order chi connectivity index (χ0) is 19.6. The highest BCUT2D eigenvalue weighted by molar-refractivity contribution is 6.35. The molecule has 7 nitrogen and oxygen atoms in total. The van der Waals surface area contributed by atoms with Crippen LogP contribution in [0.5, 0.6) is 5.75 Å². The van der Waals surface area contributed by atoms with Crippen molar-refractivity contribution in [2.24, 2.45) is 0 Å². The summed E-state index contributed by atoms with van der Waals surface area (Å²) in [5, 5.41) is 17.7. The number of ether oxygens (including phenoxy) is 2. The highest BCUT2D eigenvalue weighted by Crippen LogP contribution is 2.31. The average molecular weight is 396 g/mol. The molecule has 0 bridgehead atoms. The smallest absolute Gasteiger partial charge is 0.414 e. The minimum Gasteiger partial charge on any atom is -0.493 e. The fourth-order valence-corrected chi connectivity index (χ4v) is 2.88. The zero-order valence-electron chi connectivity index (χ0n) is 14.8. The van der Waals surface area contributed by atoms with E-state index in [1.807, 2.05) is 30.3 Å². The maximum absolute atomic E-state index is 9.10. The number of nitrogens with zero attached hydrogens (tertiary/aromatic N) is 1. The first-order valence-corrected chi connectivity index (χ1v) is 8.93. The number of halogens is 1. The number of hydrogen-bond acceptors (Lipinski definition) is 5. The Labute approximate surface area is 162 Å². The largest absolute Gasteiger partial charge is 0.493 e. The van der Waals surface area contributed by atoms with Crippen molar-refractivity contribution in [3.63, 3.8) is 0 Å². The summed E-state index contributed by atoms with van der Waals surface area (Å²) in [6.45, 7) is 5.55. The average Bonchev–Trinajstić information content (AvgIpc) is 2.68. The summed E-state index contributed by atoms with van der Waals surface area (Å²) in [7, 11) is 0. The zero-order valence-corrected chi connectivity index (χ0v) is 15.5. The molecule has 3 rings (SSSR count). The van der Waals surface area contributed by atoms with Crippen LogP contribution in [-0.2, 0) is 14.3 Å². The topological polar surface area (TPSA) is 96.3 Å². The van der Waals surface area contributed by atoms with E-state index in [0.29, 0.717) is 0 Å². The normalized spacial score (nSPS) is 14.3. The lowest BCUT2D eigenvalue weighted by atomic mass is 10.1. The number of hydrogen-bond donors (Lipinski definition) is 2. The van der Waals surface area contributed by atoms with Crippen LogP contribution < -0.4 is 4.74 Å². The first kappa shape index (κ1) is 21.0. The Balaban J connectivity index is 0.000000380.